The van der Waals surface area contributed by atoms with Crippen molar-refractivity contribution in [1.82, 2.24) is 19.5 Å². The molecule has 27 heavy (non-hydrogen) atoms. The molecule has 1 N–H and O–H groups in total. The third-order valence-corrected chi connectivity index (χ3v) is 4.71. The van der Waals surface area contributed by atoms with Gasteiger partial charge in [0.25, 0.3) is 5.91 Å². The second-order valence-corrected chi connectivity index (χ2v) is 6.39. The second-order valence-electron chi connectivity index (χ2n) is 6.39. The number of hydrogen-bond acceptors (Lipinski definition) is 6. The van der Waals surface area contributed by atoms with Crippen molar-refractivity contribution >= 4 is 11.6 Å². The number of aliphatic hydroxyl groups excluding tert-OH is 1. The number of carbonyl (C=O) groups excluding carboxylic acids is 1. The number of likely N-dealkylation sites (tertiary alicyclic amines) is 1. The van der Waals surface area contributed by atoms with E-state index in [1.807, 2.05) is 24.3 Å². The lowest BCUT2D eigenvalue weighted by atomic mass is 10.1. The van der Waals surface area contributed by atoms with Crippen molar-refractivity contribution in [3.8, 4) is 22.8 Å². The molecule has 1 fully saturated rings. The average molecular weight is 368 g/mol. The van der Waals surface area contributed by atoms with E-state index in [2.05, 4.69) is 10.1 Å². The molecule has 1 amide bonds. The molecule has 0 radical (unpaired) electrons. The number of nitrogens with zero attached hydrogens (tertiary/aromatic N) is 4. The van der Waals surface area contributed by atoms with Crippen molar-refractivity contribution in [3.63, 3.8) is 0 Å². The van der Waals surface area contributed by atoms with Crippen molar-refractivity contribution in [1.29, 1.82) is 0 Å². The first-order chi connectivity index (χ1) is 13.1. The highest BCUT2D eigenvalue weighted by atomic mass is 16.5. The topological polar surface area (TPSA) is 89.2 Å². The first kappa shape index (κ1) is 17.3. The first-order valence-corrected chi connectivity index (χ1v) is 8.65. The van der Waals surface area contributed by atoms with Gasteiger partial charge in [-0.05, 0) is 30.7 Å². The smallest absolute Gasteiger partial charge is 0.274 e. The molecular weight excluding hydrogens is 348 g/mol. The Hall–Kier alpha value is -3.13. The minimum Gasteiger partial charge on any atom is -0.493 e. The molecule has 0 bridgehead atoms. The number of fused-ring (bicyclic) bond motifs is 1. The van der Waals surface area contributed by atoms with E-state index in [0.29, 0.717) is 42.4 Å². The summed E-state index contributed by atoms with van der Waals surface area (Å²) in [5.41, 5.74) is 2.52. The molecule has 1 atom stereocenters. The van der Waals surface area contributed by atoms with Crippen molar-refractivity contribution in [2.45, 2.75) is 12.5 Å². The fourth-order valence-corrected chi connectivity index (χ4v) is 3.30. The maximum Gasteiger partial charge on any atom is 0.274 e. The van der Waals surface area contributed by atoms with Crippen LogP contribution in [0.15, 0.2) is 36.5 Å². The highest BCUT2D eigenvalue weighted by Crippen LogP contribution is 2.32. The summed E-state index contributed by atoms with van der Waals surface area (Å²) in [5, 5.41) is 14.1. The van der Waals surface area contributed by atoms with Crippen LogP contribution in [0, 0.1) is 0 Å². The van der Waals surface area contributed by atoms with Gasteiger partial charge in [0.1, 0.15) is 0 Å². The SMILES string of the molecule is COc1ccc(-c2ccnc3cc(C(=O)N4CC[C@@H](O)C4)nn23)cc1OC. The van der Waals surface area contributed by atoms with Gasteiger partial charge in [-0.15, -0.1) is 0 Å². The summed E-state index contributed by atoms with van der Waals surface area (Å²) in [6, 6.07) is 9.07. The number of ether oxygens (including phenoxy) is 2. The molecular formula is C19H20N4O4. The lowest BCUT2D eigenvalue weighted by molar-refractivity contribution is 0.0759. The second kappa shape index (κ2) is 6.88. The number of amides is 1. The fourth-order valence-electron chi connectivity index (χ4n) is 3.30. The number of hydrogen-bond donors (Lipinski definition) is 1. The minimum atomic E-state index is -0.466. The first-order valence-electron chi connectivity index (χ1n) is 8.65. The maximum atomic E-state index is 12.7. The van der Waals surface area contributed by atoms with E-state index in [9.17, 15) is 9.90 Å². The number of β-amino-alcohol motifs (C(OH)–C–C–N with tert-alkyl or cyclic N) is 1. The summed E-state index contributed by atoms with van der Waals surface area (Å²) < 4.78 is 12.3. The Kier molecular flexibility index (Phi) is 4.41. The van der Waals surface area contributed by atoms with Gasteiger partial charge in [0.2, 0.25) is 0 Å². The molecule has 140 valence electrons. The van der Waals surface area contributed by atoms with Gasteiger partial charge in [-0.2, -0.15) is 5.10 Å². The summed E-state index contributed by atoms with van der Waals surface area (Å²) in [5.74, 6) is 1.04. The largest absolute Gasteiger partial charge is 0.493 e. The Morgan fingerprint density at radius 3 is 2.70 bits per heavy atom. The van der Waals surface area contributed by atoms with E-state index in [1.165, 1.54) is 0 Å². The Balaban J connectivity index is 1.75. The Morgan fingerprint density at radius 1 is 1.19 bits per heavy atom. The minimum absolute atomic E-state index is 0.199. The van der Waals surface area contributed by atoms with E-state index in [0.717, 1.165) is 11.3 Å². The molecule has 0 unspecified atom stereocenters. The molecule has 8 nitrogen and oxygen atoms in total. The van der Waals surface area contributed by atoms with Crippen LogP contribution in [0.25, 0.3) is 16.9 Å². The number of aliphatic hydroxyl groups is 1. The molecule has 4 rings (SSSR count). The van der Waals surface area contributed by atoms with Gasteiger partial charge in [-0.3, -0.25) is 4.79 Å². The lowest BCUT2D eigenvalue weighted by Crippen LogP contribution is -2.29. The van der Waals surface area contributed by atoms with Crippen LogP contribution in [0.2, 0.25) is 0 Å². The Bertz CT molecular complexity index is 1000. The normalized spacial score (nSPS) is 16.7. The third kappa shape index (κ3) is 3.08. The van der Waals surface area contributed by atoms with Crippen molar-refractivity contribution < 1.29 is 19.4 Å². The summed E-state index contributed by atoms with van der Waals surface area (Å²) in [6.07, 6.45) is 1.80. The van der Waals surface area contributed by atoms with Crippen LogP contribution in [0.3, 0.4) is 0 Å². The molecule has 2 aromatic heterocycles. The van der Waals surface area contributed by atoms with Crippen molar-refractivity contribution in [3.05, 3.63) is 42.2 Å². The van der Waals surface area contributed by atoms with E-state index < -0.39 is 6.10 Å². The molecule has 1 aromatic carbocycles. The van der Waals surface area contributed by atoms with Gasteiger partial charge in [0.15, 0.2) is 22.8 Å². The molecule has 0 aliphatic carbocycles. The Labute approximate surface area is 156 Å². The van der Waals surface area contributed by atoms with Gasteiger partial charge in [-0.1, -0.05) is 0 Å². The molecule has 1 aliphatic rings. The molecule has 8 heteroatoms. The van der Waals surface area contributed by atoms with Crippen LogP contribution in [0.1, 0.15) is 16.9 Å². The highest BCUT2D eigenvalue weighted by Gasteiger charge is 2.27. The summed E-state index contributed by atoms with van der Waals surface area (Å²) in [4.78, 5) is 18.6. The van der Waals surface area contributed by atoms with Crippen LogP contribution in [-0.4, -0.2) is 63.9 Å². The number of aromatic nitrogens is 3. The Morgan fingerprint density at radius 2 is 2.00 bits per heavy atom. The summed E-state index contributed by atoms with van der Waals surface area (Å²) >= 11 is 0. The lowest BCUT2D eigenvalue weighted by Gasteiger charge is -2.13. The zero-order chi connectivity index (χ0) is 19.0. The average Bonchev–Trinajstić information content (AvgIpc) is 3.32. The van der Waals surface area contributed by atoms with E-state index in [-0.39, 0.29) is 5.91 Å². The van der Waals surface area contributed by atoms with E-state index in [4.69, 9.17) is 9.47 Å². The maximum absolute atomic E-state index is 12.7. The monoisotopic (exact) mass is 368 g/mol. The number of carbonyl (C=O) groups is 1. The van der Waals surface area contributed by atoms with Gasteiger partial charge >= 0.3 is 0 Å². The molecule has 1 aliphatic heterocycles. The molecule has 0 spiro atoms. The van der Waals surface area contributed by atoms with Crippen molar-refractivity contribution in [2.75, 3.05) is 27.3 Å². The number of benzene rings is 1. The van der Waals surface area contributed by atoms with E-state index in [1.54, 1.807) is 35.9 Å². The van der Waals surface area contributed by atoms with Gasteiger partial charge < -0.3 is 19.5 Å². The molecule has 3 heterocycles. The van der Waals surface area contributed by atoms with Crippen LogP contribution < -0.4 is 9.47 Å². The summed E-state index contributed by atoms with van der Waals surface area (Å²) in [6.45, 7) is 0.868. The highest BCUT2D eigenvalue weighted by molar-refractivity contribution is 5.93. The van der Waals surface area contributed by atoms with Crippen molar-refractivity contribution in [2.24, 2.45) is 0 Å². The zero-order valence-electron chi connectivity index (χ0n) is 15.1. The zero-order valence-corrected chi connectivity index (χ0v) is 15.1. The van der Waals surface area contributed by atoms with Crippen LogP contribution in [0.4, 0.5) is 0 Å². The molecule has 3 aromatic rings. The van der Waals surface area contributed by atoms with Gasteiger partial charge in [-0.25, -0.2) is 9.50 Å². The van der Waals surface area contributed by atoms with Crippen LogP contribution >= 0.6 is 0 Å². The van der Waals surface area contributed by atoms with Gasteiger partial charge in [0.05, 0.1) is 26.0 Å². The van der Waals surface area contributed by atoms with Gasteiger partial charge in [0, 0.05) is 30.9 Å². The predicted molar refractivity (Wildman–Crippen MR) is 98.1 cm³/mol. The number of methoxy groups -OCH3 is 2. The summed E-state index contributed by atoms with van der Waals surface area (Å²) in [7, 11) is 3.17. The fraction of sp³-hybridized carbons (Fsp3) is 0.316. The van der Waals surface area contributed by atoms with E-state index >= 15 is 0 Å². The third-order valence-electron chi connectivity index (χ3n) is 4.71. The molecule has 1 saturated heterocycles. The predicted octanol–water partition coefficient (Wildman–Crippen LogP) is 1.62. The van der Waals surface area contributed by atoms with Crippen LogP contribution in [-0.2, 0) is 0 Å². The number of rotatable bonds is 4. The van der Waals surface area contributed by atoms with Crippen LogP contribution in [0.5, 0.6) is 11.5 Å². The standard InChI is InChI=1S/C19H20N4O4/c1-26-16-4-3-12(9-17(16)27-2)15-5-7-20-18-10-14(21-23(15)18)19(25)22-8-6-13(24)11-22/h3-5,7,9-10,13,24H,6,8,11H2,1-2H3/t13-/m1/s1. The molecule has 0 saturated carbocycles. The quantitative estimate of drug-likeness (QED) is 0.753.